The van der Waals surface area contributed by atoms with Crippen LogP contribution >= 0.6 is 18.5 Å². The van der Waals surface area contributed by atoms with Gasteiger partial charge in [-0.1, -0.05) is 36.2 Å². The summed E-state index contributed by atoms with van der Waals surface area (Å²) in [6.45, 7) is 4.03. The van der Waals surface area contributed by atoms with Crippen molar-refractivity contribution >= 4 is 18.5 Å². The molecule has 66 valence electrons. The van der Waals surface area contributed by atoms with Crippen molar-refractivity contribution in [1.82, 2.24) is 0 Å². The highest BCUT2D eigenvalue weighted by molar-refractivity contribution is 7.39. The van der Waals surface area contributed by atoms with Crippen LogP contribution in [0.4, 0.5) is 0 Å². The summed E-state index contributed by atoms with van der Waals surface area (Å²) in [7, 11) is 5.23. The Hall–Kier alpha value is -0.120. The largest absolute Gasteiger partial charge is 0.480 e. The number of rotatable bonds is 2. The van der Waals surface area contributed by atoms with Crippen LogP contribution in [-0.4, -0.2) is 5.08 Å². The van der Waals surface area contributed by atoms with Gasteiger partial charge in [0.2, 0.25) is 0 Å². The zero-order chi connectivity index (χ0) is 9.19. The van der Waals surface area contributed by atoms with E-state index >= 15 is 0 Å². The third-order valence-corrected chi connectivity index (χ3v) is 1.59. The summed E-state index contributed by atoms with van der Waals surface area (Å²) in [5.74, 6) is 0.896. The third kappa shape index (κ3) is 3.52. The van der Waals surface area contributed by atoms with Gasteiger partial charge >= 0.3 is 0 Å². The van der Waals surface area contributed by atoms with Crippen molar-refractivity contribution < 1.29 is 4.74 Å². The number of hydrogen-bond donors (Lipinski definition) is 0. The lowest BCUT2D eigenvalue weighted by Crippen LogP contribution is -2.14. The summed E-state index contributed by atoms with van der Waals surface area (Å²) >= 11 is 0. The average Bonchev–Trinajstić information content (AvgIpc) is 1.91. The lowest BCUT2D eigenvalue weighted by molar-refractivity contribution is 0.275. The van der Waals surface area contributed by atoms with Gasteiger partial charge in [-0.2, -0.15) is 0 Å². The molecule has 0 aliphatic rings. The van der Waals surface area contributed by atoms with Crippen LogP contribution in [0.3, 0.4) is 0 Å². The molecule has 0 aliphatic carbocycles. The van der Waals surface area contributed by atoms with Crippen LogP contribution in [0.2, 0.25) is 0 Å². The maximum Gasteiger partial charge on any atom is 0.131 e. The van der Waals surface area contributed by atoms with E-state index in [1.807, 2.05) is 31.2 Å². The second-order valence-corrected chi connectivity index (χ2v) is 6.06. The van der Waals surface area contributed by atoms with Gasteiger partial charge in [-0.3, -0.25) is 0 Å². The van der Waals surface area contributed by atoms with Gasteiger partial charge in [0.25, 0.3) is 0 Å². The van der Waals surface area contributed by atoms with E-state index in [1.54, 1.807) is 0 Å². The van der Waals surface area contributed by atoms with Crippen molar-refractivity contribution in [3.8, 4) is 5.75 Å². The van der Waals surface area contributed by atoms with E-state index in [2.05, 4.69) is 25.4 Å². The molecular weight excluding hydrogens is 186 g/mol. The van der Waals surface area contributed by atoms with E-state index < -0.39 is 0 Å². The maximum atomic E-state index is 5.58. The predicted octanol–water partition coefficient (Wildman–Crippen LogP) is 2.80. The molecule has 0 N–H and O–H groups in total. The molecule has 0 saturated heterocycles. The smallest absolute Gasteiger partial charge is 0.131 e. The molecule has 2 unspecified atom stereocenters. The molecule has 1 rings (SSSR count). The molecule has 0 aliphatic heterocycles. The van der Waals surface area contributed by atoms with Gasteiger partial charge in [-0.05, 0) is 26.0 Å². The minimum absolute atomic E-state index is 0.269. The Morgan fingerprint density at radius 1 is 1.17 bits per heavy atom. The van der Waals surface area contributed by atoms with Gasteiger partial charge in [0, 0.05) is 0 Å². The Morgan fingerprint density at radius 2 is 1.67 bits per heavy atom. The van der Waals surface area contributed by atoms with Crippen LogP contribution in [-0.2, 0) is 0 Å². The van der Waals surface area contributed by atoms with Crippen LogP contribution in [0.1, 0.15) is 12.5 Å². The fourth-order valence-corrected chi connectivity index (χ4v) is 1.13. The first-order valence-electron chi connectivity index (χ1n) is 3.81. The van der Waals surface area contributed by atoms with Crippen LogP contribution < -0.4 is 4.74 Å². The van der Waals surface area contributed by atoms with Crippen molar-refractivity contribution in [2.45, 2.75) is 18.9 Å². The summed E-state index contributed by atoms with van der Waals surface area (Å²) < 4.78 is 5.58. The first-order valence-corrected chi connectivity index (χ1v) is 4.96. The molecule has 0 fully saturated rings. The highest BCUT2D eigenvalue weighted by Gasteiger charge is 2.10. The van der Waals surface area contributed by atoms with Crippen LogP contribution in [0.5, 0.6) is 5.75 Å². The quantitative estimate of drug-likeness (QED) is 0.667. The molecule has 0 bridgehead atoms. The molecule has 0 saturated carbocycles. The summed E-state index contributed by atoms with van der Waals surface area (Å²) in [6.07, 6.45) is 0. The van der Waals surface area contributed by atoms with E-state index in [0.29, 0.717) is 0 Å². The van der Waals surface area contributed by atoms with Gasteiger partial charge in [0.05, 0.1) is 0 Å². The molecule has 0 radical (unpaired) electrons. The van der Waals surface area contributed by atoms with Crippen LogP contribution in [0.15, 0.2) is 24.3 Å². The summed E-state index contributed by atoms with van der Waals surface area (Å²) in [6, 6.07) is 8.02. The highest BCUT2D eigenvalue weighted by atomic mass is 31.1. The van der Waals surface area contributed by atoms with E-state index in [1.165, 1.54) is 5.56 Å². The van der Waals surface area contributed by atoms with Crippen molar-refractivity contribution in [2.75, 3.05) is 0 Å². The number of hydrogen-bond acceptors (Lipinski definition) is 1. The Labute approximate surface area is 78.3 Å². The van der Waals surface area contributed by atoms with Crippen molar-refractivity contribution in [3.05, 3.63) is 29.8 Å². The lowest BCUT2D eigenvalue weighted by Gasteiger charge is -2.20. The molecule has 1 nitrogen and oxygen atoms in total. The Bertz CT molecular complexity index is 248. The van der Waals surface area contributed by atoms with E-state index in [4.69, 9.17) is 4.74 Å². The molecular formula is C9H14OP2. The van der Waals surface area contributed by atoms with E-state index in [0.717, 1.165) is 5.75 Å². The molecule has 12 heavy (non-hydrogen) atoms. The molecule has 2 atom stereocenters. The SMILES string of the molecule is Cc1ccc(OC(C)(P)P)cc1. The second-order valence-electron chi connectivity index (χ2n) is 3.10. The number of aryl methyl sites for hydroxylation is 1. The Morgan fingerprint density at radius 3 is 2.08 bits per heavy atom. The first-order chi connectivity index (χ1) is 5.47. The minimum Gasteiger partial charge on any atom is -0.480 e. The molecule has 0 spiro atoms. The van der Waals surface area contributed by atoms with Crippen molar-refractivity contribution in [3.63, 3.8) is 0 Å². The van der Waals surface area contributed by atoms with Crippen LogP contribution in [0.25, 0.3) is 0 Å². The average molecular weight is 200 g/mol. The lowest BCUT2D eigenvalue weighted by atomic mass is 10.2. The topological polar surface area (TPSA) is 9.23 Å². The fourth-order valence-electron chi connectivity index (χ4n) is 0.860. The van der Waals surface area contributed by atoms with Crippen molar-refractivity contribution in [2.24, 2.45) is 0 Å². The standard InChI is InChI=1S/C9H14OP2/c1-7-3-5-8(6-4-7)10-9(2,11)12/h3-6H,11-12H2,1-2H3. The normalized spacial score (nSPS) is 11.3. The second kappa shape index (κ2) is 3.73. The van der Waals surface area contributed by atoms with Crippen molar-refractivity contribution in [1.29, 1.82) is 0 Å². The van der Waals surface area contributed by atoms with Gasteiger partial charge in [-0.15, -0.1) is 0 Å². The van der Waals surface area contributed by atoms with E-state index in [-0.39, 0.29) is 5.08 Å². The van der Waals surface area contributed by atoms with Gasteiger partial charge < -0.3 is 4.74 Å². The summed E-state index contributed by atoms with van der Waals surface area (Å²) in [5, 5.41) is -0.269. The zero-order valence-electron chi connectivity index (χ0n) is 7.37. The molecule has 0 aromatic heterocycles. The number of ether oxygens (including phenoxy) is 1. The monoisotopic (exact) mass is 200 g/mol. The summed E-state index contributed by atoms with van der Waals surface area (Å²) in [4.78, 5) is 0. The molecule has 1 aromatic carbocycles. The van der Waals surface area contributed by atoms with Gasteiger partial charge in [-0.25, -0.2) is 0 Å². The Kier molecular flexibility index (Phi) is 3.09. The molecule has 1 aromatic rings. The molecule has 3 heteroatoms. The maximum absolute atomic E-state index is 5.58. The van der Waals surface area contributed by atoms with E-state index in [9.17, 15) is 0 Å². The molecule has 0 heterocycles. The minimum atomic E-state index is -0.269. The zero-order valence-corrected chi connectivity index (χ0v) is 9.68. The van der Waals surface area contributed by atoms with Crippen LogP contribution in [0, 0.1) is 6.92 Å². The first kappa shape index (κ1) is 9.96. The van der Waals surface area contributed by atoms with Gasteiger partial charge in [0.15, 0.2) is 0 Å². The third-order valence-electron chi connectivity index (χ3n) is 1.36. The predicted molar refractivity (Wildman–Crippen MR) is 59.6 cm³/mol. The highest BCUT2D eigenvalue weighted by Crippen LogP contribution is 2.29. The molecule has 0 amide bonds. The number of benzene rings is 1. The van der Waals surface area contributed by atoms with Gasteiger partial charge in [0.1, 0.15) is 10.8 Å². The Balaban J connectivity index is 2.71. The summed E-state index contributed by atoms with van der Waals surface area (Å²) in [5.41, 5.74) is 1.25. The fraction of sp³-hybridized carbons (Fsp3) is 0.333.